The summed E-state index contributed by atoms with van der Waals surface area (Å²) in [6, 6.07) is 2.85. The van der Waals surface area contributed by atoms with Crippen molar-refractivity contribution in [1.82, 2.24) is 9.97 Å². The molecule has 2 N–H and O–H groups in total. The summed E-state index contributed by atoms with van der Waals surface area (Å²) < 4.78 is 0. The van der Waals surface area contributed by atoms with Crippen molar-refractivity contribution < 1.29 is 14.8 Å². The summed E-state index contributed by atoms with van der Waals surface area (Å²) in [5.74, 6) is -0.881. The van der Waals surface area contributed by atoms with Gasteiger partial charge in [0.05, 0.1) is 9.93 Å². The number of rotatable bonds is 6. The zero-order valence-electron chi connectivity index (χ0n) is 10.1. The zero-order valence-corrected chi connectivity index (χ0v) is 11.0. The van der Waals surface area contributed by atoms with E-state index in [-0.39, 0.29) is 17.2 Å². The molecule has 2 aromatic heterocycles. The van der Waals surface area contributed by atoms with Gasteiger partial charge in [-0.05, 0) is 6.07 Å². The normalized spacial score (nSPS) is 10.2. The molecular weight excluding hydrogens is 284 g/mol. The maximum Gasteiger partial charge on any atom is 0.355 e. The highest BCUT2D eigenvalue weighted by molar-refractivity contribution is 7.09. The Labute approximate surface area is 117 Å². The van der Waals surface area contributed by atoms with Gasteiger partial charge in [0.15, 0.2) is 5.69 Å². The minimum atomic E-state index is -1.07. The first-order valence-corrected chi connectivity index (χ1v) is 6.47. The first-order valence-electron chi connectivity index (χ1n) is 5.59. The summed E-state index contributed by atoms with van der Waals surface area (Å²) in [5, 5.41) is 24.5. The molecule has 20 heavy (non-hydrogen) atoms. The molecule has 104 valence electrons. The number of thiazole rings is 1. The molecular formula is C11H10N4O4S. The van der Waals surface area contributed by atoms with E-state index < -0.39 is 10.9 Å². The number of hydrogen-bond donors (Lipinski definition) is 2. The third-order valence-corrected chi connectivity index (χ3v) is 3.29. The van der Waals surface area contributed by atoms with Crippen molar-refractivity contribution in [3.8, 4) is 0 Å². The Morgan fingerprint density at radius 3 is 3.00 bits per heavy atom. The minimum absolute atomic E-state index is 0.00816. The number of aromatic carboxylic acids is 1. The second-order valence-corrected chi connectivity index (χ2v) is 4.68. The molecule has 2 rings (SSSR count). The van der Waals surface area contributed by atoms with Crippen LogP contribution in [0.15, 0.2) is 23.7 Å². The SMILES string of the molecule is O=C(O)c1csc(CCNc2ncccc2[N+](=O)[O-])n1. The lowest BCUT2D eigenvalue weighted by Gasteiger charge is -2.04. The molecule has 0 atom stereocenters. The van der Waals surface area contributed by atoms with Crippen LogP contribution < -0.4 is 5.32 Å². The number of aromatic nitrogens is 2. The fourth-order valence-corrected chi connectivity index (χ4v) is 2.26. The van der Waals surface area contributed by atoms with Crippen molar-refractivity contribution >= 4 is 28.8 Å². The van der Waals surface area contributed by atoms with Crippen LogP contribution in [0.2, 0.25) is 0 Å². The van der Waals surface area contributed by atoms with Crippen LogP contribution in [-0.2, 0) is 6.42 Å². The molecule has 0 bridgehead atoms. The fourth-order valence-electron chi connectivity index (χ4n) is 1.49. The van der Waals surface area contributed by atoms with Gasteiger partial charge < -0.3 is 10.4 Å². The lowest BCUT2D eigenvalue weighted by molar-refractivity contribution is -0.384. The summed E-state index contributed by atoms with van der Waals surface area (Å²) in [7, 11) is 0. The molecule has 9 heteroatoms. The monoisotopic (exact) mass is 294 g/mol. The van der Waals surface area contributed by atoms with Crippen LogP contribution in [0.4, 0.5) is 11.5 Å². The second kappa shape index (κ2) is 6.06. The molecule has 0 saturated carbocycles. The third kappa shape index (κ3) is 3.26. The van der Waals surface area contributed by atoms with Crippen LogP contribution in [-0.4, -0.2) is 32.5 Å². The Morgan fingerprint density at radius 2 is 2.35 bits per heavy atom. The molecule has 0 aliphatic carbocycles. The number of nitro groups is 1. The Kier molecular flexibility index (Phi) is 4.20. The highest BCUT2D eigenvalue weighted by atomic mass is 32.1. The molecule has 0 aliphatic rings. The zero-order chi connectivity index (χ0) is 14.5. The lowest BCUT2D eigenvalue weighted by atomic mass is 10.3. The predicted molar refractivity (Wildman–Crippen MR) is 72.2 cm³/mol. The molecule has 0 aliphatic heterocycles. The quantitative estimate of drug-likeness (QED) is 0.616. The summed E-state index contributed by atoms with van der Waals surface area (Å²) in [4.78, 5) is 28.8. The van der Waals surface area contributed by atoms with Gasteiger partial charge in [0.25, 0.3) is 0 Å². The van der Waals surface area contributed by atoms with E-state index in [1.807, 2.05) is 0 Å². The van der Waals surface area contributed by atoms with E-state index in [1.54, 1.807) is 0 Å². The van der Waals surface area contributed by atoms with Gasteiger partial charge in [-0.15, -0.1) is 11.3 Å². The van der Waals surface area contributed by atoms with Crippen LogP contribution in [0.5, 0.6) is 0 Å². The van der Waals surface area contributed by atoms with Crippen LogP contribution >= 0.6 is 11.3 Å². The minimum Gasteiger partial charge on any atom is -0.476 e. The summed E-state index contributed by atoms with van der Waals surface area (Å²) in [6.45, 7) is 0.379. The lowest BCUT2D eigenvalue weighted by Crippen LogP contribution is -2.08. The van der Waals surface area contributed by atoms with Gasteiger partial charge in [-0.25, -0.2) is 14.8 Å². The number of carbonyl (C=O) groups is 1. The molecule has 2 aromatic rings. The topological polar surface area (TPSA) is 118 Å². The Morgan fingerprint density at radius 1 is 1.55 bits per heavy atom. The van der Waals surface area contributed by atoms with Gasteiger partial charge in [-0.1, -0.05) is 0 Å². The molecule has 0 unspecified atom stereocenters. The number of hydrogen-bond acceptors (Lipinski definition) is 7. The summed E-state index contributed by atoms with van der Waals surface area (Å²) in [6.07, 6.45) is 1.92. The van der Waals surface area contributed by atoms with Gasteiger partial charge in [0.2, 0.25) is 5.82 Å². The molecule has 2 heterocycles. The van der Waals surface area contributed by atoms with Crippen molar-refractivity contribution in [2.24, 2.45) is 0 Å². The number of pyridine rings is 1. The Balaban J connectivity index is 1.96. The predicted octanol–water partition coefficient (Wildman–Crippen LogP) is 1.80. The Bertz CT molecular complexity index is 643. The largest absolute Gasteiger partial charge is 0.476 e. The summed E-state index contributed by atoms with van der Waals surface area (Å²) >= 11 is 1.24. The third-order valence-electron chi connectivity index (χ3n) is 2.39. The number of anilines is 1. The molecule has 8 nitrogen and oxygen atoms in total. The van der Waals surface area contributed by atoms with E-state index in [1.165, 1.54) is 35.0 Å². The van der Waals surface area contributed by atoms with Crippen molar-refractivity contribution in [2.45, 2.75) is 6.42 Å². The van der Waals surface area contributed by atoms with Crippen molar-refractivity contribution in [1.29, 1.82) is 0 Å². The number of nitrogens with one attached hydrogen (secondary N) is 1. The second-order valence-electron chi connectivity index (χ2n) is 3.74. The van der Waals surface area contributed by atoms with Gasteiger partial charge in [0, 0.05) is 30.6 Å². The number of carboxylic acids is 1. The van der Waals surface area contributed by atoms with E-state index >= 15 is 0 Å². The van der Waals surface area contributed by atoms with Crippen LogP contribution in [0.25, 0.3) is 0 Å². The van der Waals surface area contributed by atoms with Gasteiger partial charge in [-0.3, -0.25) is 10.1 Å². The van der Waals surface area contributed by atoms with Crippen molar-refractivity contribution in [3.05, 3.63) is 44.5 Å². The first-order chi connectivity index (χ1) is 9.58. The van der Waals surface area contributed by atoms with E-state index in [2.05, 4.69) is 15.3 Å². The maximum absolute atomic E-state index is 10.8. The Hall–Kier alpha value is -2.55. The smallest absolute Gasteiger partial charge is 0.355 e. The van der Waals surface area contributed by atoms with Crippen molar-refractivity contribution in [2.75, 3.05) is 11.9 Å². The highest BCUT2D eigenvalue weighted by Gasteiger charge is 2.14. The molecule has 0 radical (unpaired) electrons. The highest BCUT2D eigenvalue weighted by Crippen LogP contribution is 2.20. The first kappa shape index (κ1) is 13.9. The van der Waals surface area contributed by atoms with Gasteiger partial charge in [0.1, 0.15) is 0 Å². The van der Waals surface area contributed by atoms with E-state index in [0.717, 1.165) is 0 Å². The summed E-state index contributed by atoms with van der Waals surface area (Å²) in [5.41, 5.74) is -0.0910. The molecule has 0 aromatic carbocycles. The molecule has 0 amide bonds. The van der Waals surface area contributed by atoms with Gasteiger partial charge >= 0.3 is 11.7 Å². The number of carboxylic acid groups (broad SMARTS) is 1. The van der Waals surface area contributed by atoms with Crippen LogP contribution in [0.1, 0.15) is 15.5 Å². The maximum atomic E-state index is 10.8. The van der Waals surface area contributed by atoms with Crippen LogP contribution in [0, 0.1) is 10.1 Å². The van der Waals surface area contributed by atoms with E-state index in [4.69, 9.17) is 5.11 Å². The fraction of sp³-hybridized carbons (Fsp3) is 0.182. The standard InChI is InChI=1S/C11H10N4O4S/c16-11(17)7-6-20-9(14-7)3-5-13-10-8(15(18)19)2-1-4-12-10/h1-2,4,6H,3,5H2,(H,12,13)(H,16,17). The van der Waals surface area contributed by atoms with Crippen LogP contribution in [0.3, 0.4) is 0 Å². The molecule has 0 spiro atoms. The van der Waals surface area contributed by atoms with Gasteiger partial charge in [-0.2, -0.15) is 0 Å². The average molecular weight is 294 g/mol. The van der Waals surface area contributed by atoms with E-state index in [0.29, 0.717) is 18.0 Å². The average Bonchev–Trinajstić information content (AvgIpc) is 2.88. The van der Waals surface area contributed by atoms with E-state index in [9.17, 15) is 14.9 Å². The molecule has 0 saturated heterocycles. The number of nitrogens with zero attached hydrogens (tertiary/aromatic N) is 3. The molecule has 0 fully saturated rings. The van der Waals surface area contributed by atoms with Crippen molar-refractivity contribution in [3.63, 3.8) is 0 Å².